The predicted octanol–water partition coefficient (Wildman–Crippen LogP) is 2.92. The highest BCUT2D eigenvalue weighted by Crippen LogP contribution is 2.36. The van der Waals surface area contributed by atoms with E-state index < -0.39 is 12.0 Å². The number of aliphatic carboxylic acids is 1. The molecule has 0 spiro atoms. The summed E-state index contributed by atoms with van der Waals surface area (Å²) in [6, 6.07) is 11.5. The number of rotatable bonds is 2. The maximum Gasteiger partial charge on any atom is 0.321 e. The largest absolute Gasteiger partial charge is 0.480 e. The van der Waals surface area contributed by atoms with Gasteiger partial charge < -0.3 is 10.1 Å². The molecule has 21 heavy (non-hydrogen) atoms. The summed E-state index contributed by atoms with van der Waals surface area (Å²) in [5, 5.41) is 15.8. The third-order valence-electron chi connectivity index (χ3n) is 4.04. The Hall–Kier alpha value is -2.11. The van der Waals surface area contributed by atoms with E-state index >= 15 is 0 Å². The van der Waals surface area contributed by atoms with E-state index in [0.29, 0.717) is 6.42 Å². The van der Waals surface area contributed by atoms with Gasteiger partial charge in [0, 0.05) is 27.9 Å². The summed E-state index contributed by atoms with van der Waals surface area (Å²) in [4.78, 5) is 16.1. The first-order valence-corrected chi connectivity index (χ1v) is 7.74. The van der Waals surface area contributed by atoms with Crippen LogP contribution in [-0.4, -0.2) is 22.1 Å². The fourth-order valence-electron chi connectivity index (χ4n) is 3.07. The Morgan fingerprint density at radius 3 is 2.86 bits per heavy atom. The molecule has 3 N–H and O–H groups in total. The minimum absolute atomic E-state index is 0.0813. The molecular weight excluding hydrogens is 284 g/mol. The number of fused-ring (bicyclic) bond motifs is 3. The van der Waals surface area contributed by atoms with Crippen LogP contribution in [0.15, 0.2) is 41.8 Å². The molecule has 0 saturated carbocycles. The first kappa shape index (κ1) is 12.6. The zero-order valence-electron chi connectivity index (χ0n) is 11.2. The summed E-state index contributed by atoms with van der Waals surface area (Å²) in [5.74, 6) is -0.799. The van der Waals surface area contributed by atoms with Crippen molar-refractivity contribution in [3.8, 4) is 0 Å². The lowest BCUT2D eigenvalue weighted by Crippen LogP contribution is -2.44. The number of benzene rings is 1. The van der Waals surface area contributed by atoms with E-state index in [1.165, 1.54) is 0 Å². The molecule has 0 fully saturated rings. The van der Waals surface area contributed by atoms with Gasteiger partial charge in [-0.15, -0.1) is 11.3 Å². The molecule has 0 aliphatic carbocycles. The molecule has 2 atom stereocenters. The van der Waals surface area contributed by atoms with Crippen LogP contribution in [0.5, 0.6) is 0 Å². The summed E-state index contributed by atoms with van der Waals surface area (Å²) < 4.78 is 0. The number of aromatic amines is 1. The number of carboxylic acid groups (broad SMARTS) is 1. The van der Waals surface area contributed by atoms with E-state index in [-0.39, 0.29) is 6.04 Å². The molecule has 106 valence electrons. The lowest BCUT2D eigenvalue weighted by molar-refractivity contribution is -0.139. The van der Waals surface area contributed by atoms with Crippen LogP contribution in [0.3, 0.4) is 0 Å². The van der Waals surface area contributed by atoms with Gasteiger partial charge in [0.1, 0.15) is 6.04 Å². The molecule has 1 aliphatic rings. The van der Waals surface area contributed by atoms with E-state index in [1.54, 1.807) is 11.3 Å². The Balaban J connectivity index is 1.92. The number of hydrogen-bond donors (Lipinski definition) is 3. The summed E-state index contributed by atoms with van der Waals surface area (Å²) in [7, 11) is 0. The Labute approximate surface area is 125 Å². The molecule has 1 aliphatic heterocycles. The van der Waals surface area contributed by atoms with Crippen LogP contribution in [0.25, 0.3) is 10.9 Å². The van der Waals surface area contributed by atoms with Gasteiger partial charge in [-0.3, -0.25) is 10.1 Å². The molecule has 5 heteroatoms. The summed E-state index contributed by atoms with van der Waals surface area (Å²) >= 11 is 1.64. The van der Waals surface area contributed by atoms with E-state index in [0.717, 1.165) is 27.0 Å². The molecule has 0 saturated heterocycles. The minimum Gasteiger partial charge on any atom is -0.480 e. The van der Waals surface area contributed by atoms with E-state index in [2.05, 4.69) is 16.4 Å². The van der Waals surface area contributed by atoms with Crippen molar-refractivity contribution in [1.82, 2.24) is 10.3 Å². The third kappa shape index (κ3) is 1.97. The maximum atomic E-state index is 11.5. The zero-order chi connectivity index (χ0) is 14.4. The highest BCUT2D eigenvalue weighted by Gasteiger charge is 2.34. The molecule has 1 aromatic carbocycles. The number of nitrogens with one attached hydrogen (secondary N) is 2. The molecule has 4 rings (SSSR count). The average Bonchev–Trinajstić information content (AvgIpc) is 3.13. The van der Waals surface area contributed by atoms with Crippen molar-refractivity contribution in [3.05, 3.63) is 57.9 Å². The molecule has 0 bridgehead atoms. The van der Waals surface area contributed by atoms with Crippen molar-refractivity contribution in [3.63, 3.8) is 0 Å². The van der Waals surface area contributed by atoms with Crippen molar-refractivity contribution in [2.75, 3.05) is 0 Å². The van der Waals surface area contributed by atoms with Gasteiger partial charge in [-0.05, 0) is 23.1 Å². The Bertz CT molecular complexity index is 807. The summed E-state index contributed by atoms with van der Waals surface area (Å²) in [5.41, 5.74) is 3.28. The molecule has 2 aromatic heterocycles. The van der Waals surface area contributed by atoms with Crippen molar-refractivity contribution in [2.24, 2.45) is 0 Å². The highest BCUT2D eigenvalue weighted by atomic mass is 32.1. The van der Waals surface area contributed by atoms with Gasteiger partial charge in [0.2, 0.25) is 0 Å². The van der Waals surface area contributed by atoms with E-state index in [9.17, 15) is 9.90 Å². The lowest BCUT2D eigenvalue weighted by atomic mass is 9.93. The van der Waals surface area contributed by atoms with Gasteiger partial charge in [-0.2, -0.15) is 0 Å². The van der Waals surface area contributed by atoms with E-state index in [4.69, 9.17) is 0 Å². The van der Waals surface area contributed by atoms with Crippen molar-refractivity contribution < 1.29 is 9.90 Å². The van der Waals surface area contributed by atoms with Crippen molar-refractivity contribution in [1.29, 1.82) is 0 Å². The third-order valence-corrected chi connectivity index (χ3v) is 4.97. The van der Waals surface area contributed by atoms with Crippen molar-refractivity contribution >= 4 is 28.2 Å². The Morgan fingerprint density at radius 1 is 1.24 bits per heavy atom. The first-order chi connectivity index (χ1) is 10.2. The molecule has 0 radical (unpaired) electrons. The quantitative estimate of drug-likeness (QED) is 0.681. The monoisotopic (exact) mass is 298 g/mol. The Kier molecular flexibility index (Phi) is 2.83. The van der Waals surface area contributed by atoms with Crippen LogP contribution in [0.4, 0.5) is 0 Å². The number of hydrogen-bond acceptors (Lipinski definition) is 3. The summed E-state index contributed by atoms with van der Waals surface area (Å²) in [6.45, 7) is 0. The van der Waals surface area contributed by atoms with Gasteiger partial charge in [0.15, 0.2) is 0 Å². The van der Waals surface area contributed by atoms with Gasteiger partial charge in [0.25, 0.3) is 0 Å². The molecule has 3 heterocycles. The van der Waals surface area contributed by atoms with Crippen LogP contribution in [0, 0.1) is 0 Å². The van der Waals surface area contributed by atoms with Crippen LogP contribution < -0.4 is 5.32 Å². The number of para-hydroxylation sites is 1. The summed E-state index contributed by atoms with van der Waals surface area (Å²) in [6.07, 6.45) is 0.510. The number of aromatic nitrogens is 1. The molecule has 0 unspecified atom stereocenters. The normalized spacial score (nSPS) is 21.3. The van der Waals surface area contributed by atoms with Gasteiger partial charge in [-0.25, -0.2) is 0 Å². The molecule has 0 amide bonds. The average molecular weight is 298 g/mol. The topological polar surface area (TPSA) is 65.1 Å². The van der Waals surface area contributed by atoms with Crippen molar-refractivity contribution in [2.45, 2.75) is 18.5 Å². The van der Waals surface area contributed by atoms with Gasteiger partial charge in [0.05, 0.1) is 6.04 Å². The Morgan fingerprint density at radius 2 is 2.10 bits per heavy atom. The fourth-order valence-corrected chi connectivity index (χ4v) is 3.87. The number of carbonyl (C=O) groups is 1. The molecule has 3 aromatic rings. The molecule has 4 nitrogen and oxygen atoms in total. The predicted molar refractivity (Wildman–Crippen MR) is 82.7 cm³/mol. The molecular formula is C16H14N2O2S. The zero-order valence-corrected chi connectivity index (χ0v) is 12.0. The van der Waals surface area contributed by atoms with E-state index in [1.807, 2.05) is 35.7 Å². The second-order valence-corrected chi connectivity index (χ2v) is 6.25. The van der Waals surface area contributed by atoms with Crippen LogP contribution in [0.2, 0.25) is 0 Å². The number of thiophene rings is 1. The minimum atomic E-state index is -0.799. The van der Waals surface area contributed by atoms with Crippen LogP contribution in [0.1, 0.15) is 22.2 Å². The fraction of sp³-hybridized carbons (Fsp3) is 0.188. The smallest absolute Gasteiger partial charge is 0.321 e. The SMILES string of the molecule is O=C(O)[C@@H]1Cc2c([nH]c3ccccc23)[C@H](c2cccs2)N1. The van der Waals surface area contributed by atoms with Gasteiger partial charge in [-0.1, -0.05) is 24.3 Å². The standard InChI is InChI=1S/C16H14N2O2S/c19-16(20)12-8-10-9-4-1-2-5-11(9)17-14(10)15(18-12)13-6-3-7-21-13/h1-7,12,15,17-18H,8H2,(H,19,20)/t12-,15-/m0/s1. The lowest BCUT2D eigenvalue weighted by Gasteiger charge is -2.28. The first-order valence-electron chi connectivity index (χ1n) is 6.86. The van der Waals surface area contributed by atoms with Crippen LogP contribution >= 0.6 is 11.3 Å². The van der Waals surface area contributed by atoms with Gasteiger partial charge >= 0.3 is 5.97 Å². The second kappa shape index (κ2) is 4.72. The second-order valence-electron chi connectivity index (χ2n) is 5.27. The number of H-pyrrole nitrogens is 1. The highest BCUT2D eigenvalue weighted by molar-refractivity contribution is 7.10. The number of carboxylic acids is 1. The van der Waals surface area contributed by atoms with Crippen LogP contribution in [-0.2, 0) is 11.2 Å². The maximum absolute atomic E-state index is 11.5.